The maximum atomic E-state index is 4.20. The minimum absolute atomic E-state index is 0.785. The van der Waals surface area contributed by atoms with Crippen LogP contribution < -0.4 is 0 Å². The summed E-state index contributed by atoms with van der Waals surface area (Å²) in [6, 6.07) is 10.1. The highest BCUT2D eigenvalue weighted by atomic mass is 79.9. The molecule has 0 aliphatic carbocycles. The second-order valence-electron chi connectivity index (χ2n) is 2.94. The van der Waals surface area contributed by atoms with Crippen LogP contribution in [0.4, 0.5) is 0 Å². The average molecular weight is 316 g/mol. The summed E-state index contributed by atoms with van der Waals surface area (Å²) in [4.78, 5) is 0. The largest absolute Gasteiger partial charge is 0.254 e. The minimum atomic E-state index is 0.785. The van der Waals surface area contributed by atoms with E-state index in [2.05, 4.69) is 49.1 Å². The maximum Gasteiger partial charge on any atom is 0.104 e. The third kappa shape index (κ3) is 2.25. The quantitative estimate of drug-likeness (QED) is 0.830. The molecule has 0 N–H and O–H groups in total. The predicted octanol–water partition coefficient (Wildman–Crippen LogP) is 3.46. The Labute approximate surface area is 99.2 Å². The summed E-state index contributed by atoms with van der Waals surface area (Å²) < 4.78 is 4.00. The number of benzene rings is 1. The summed E-state index contributed by atoms with van der Waals surface area (Å²) in [5.41, 5.74) is 1.23. The van der Waals surface area contributed by atoms with Crippen LogP contribution >= 0.6 is 31.9 Å². The molecule has 0 fully saturated rings. The molecular formula is C10H8Br2N2. The van der Waals surface area contributed by atoms with E-state index in [4.69, 9.17) is 0 Å². The van der Waals surface area contributed by atoms with Gasteiger partial charge in [-0.2, -0.15) is 5.10 Å². The molecule has 1 heterocycles. The smallest absolute Gasteiger partial charge is 0.104 e. The van der Waals surface area contributed by atoms with E-state index in [0.717, 1.165) is 15.6 Å². The van der Waals surface area contributed by atoms with Crippen LogP contribution in [0.15, 0.2) is 45.6 Å². The molecule has 0 amide bonds. The highest BCUT2D eigenvalue weighted by Crippen LogP contribution is 2.15. The first kappa shape index (κ1) is 9.93. The van der Waals surface area contributed by atoms with Crippen LogP contribution in [0.25, 0.3) is 0 Å². The zero-order chi connectivity index (χ0) is 9.97. The van der Waals surface area contributed by atoms with Crippen LogP contribution in [0.5, 0.6) is 0 Å². The van der Waals surface area contributed by atoms with Crippen molar-refractivity contribution < 1.29 is 0 Å². The van der Waals surface area contributed by atoms with Gasteiger partial charge in [0.15, 0.2) is 0 Å². The molecule has 0 atom stereocenters. The van der Waals surface area contributed by atoms with E-state index in [1.54, 1.807) is 6.20 Å². The van der Waals surface area contributed by atoms with Crippen LogP contribution in [-0.4, -0.2) is 9.78 Å². The van der Waals surface area contributed by atoms with Crippen molar-refractivity contribution in [2.45, 2.75) is 6.54 Å². The lowest BCUT2D eigenvalue weighted by atomic mass is 10.2. The Morgan fingerprint density at radius 3 is 2.71 bits per heavy atom. The Balaban J connectivity index is 2.23. The zero-order valence-corrected chi connectivity index (χ0v) is 10.5. The number of nitrogens with zero attached hydrogens (tertiary/aromatic N) is 2. The lowest BCUT2D eigenvalue weighted by molar-refractivity contribution is 0.671. The van der Waals surface area contributed by atoms with Gasteiger partial charge in [0.05, 0.1) is 12.7 Å². The van der Waals surface area contributed by atoms with E-state index < -0.39 is 0 Å². The number of aromatic nitrogens is 2. The van der Waals surface area contributed by atoms with Crippen molar-refractivity contribution in [2.24, 2.45) is 0 Å². The Bertz CT molecular complexity index is 437. The molecule has 1 aromatic carbocycles. The Kier molecular flexibility index (Phi) is 3.03. The van der Waals surface area contributed by atoms with Gasteiger partial charge in [-0.3, -0.25) is 4.68 Å². The Morgan fingerprint density at radius 2 is 2.07 bits per heavy atom. The van der Waals surface area contributed by atoms with Crippen LogP contribution in [-0.2, 0) is 6.54 Å². The van der Waals surface area contributed by atoms with Crippen molar-refractivity contribution >= 4 is 31.9 Å². The van der Waals surface area contributed by atoms with Gasteiger partial charge in [0.1, 0.15) is 4.60 Å². The third-order valence-electron chi connectivity index (χ3n) is 1.89. The van der Waals surface area contributed by atoms with Crippen LogP contribution in [0.2, 0.25) is 0 Å². The van der Waals surface area contributed by atoms with Gasteiger partial charge in [0.2, 0.25) is 0 Å². The van der Waals surface area contributed by atoms with Gasteiger partial charge in [-0.05, 0) is 39.7 Å². The second-order valence-corrected chi connectivity index (χ2v) is 4.67. The van der Waals surface area contributed by atoms with Gasteiger partial charge in [-0.1, -0.05) is 28.1 Å². The highest BCUT2D eigenvalue weighted by Gasteiger charge is 1.99. The number of hydrogen-bond acceptors (Lipinski definition) is 1. The average Bonchev–Trinajstić information content (AvgIpc) is 2.52. The SMILES string of the molecule is Brc1cccc(Cn2nccc2Br)c1. The maximum absolute atomic E-state index is 4.20. The number of rotatable bonds is 2. The molecule has 1 aromatic heterocycles. The van der Waals surface area contributed by atoms with Crippen molar-refractivity contribution in [3.63, 3.8) is 0 Å². The van der Waals surface area contributed by atoms with E-state index >= 15 is 0 Å². The molecule has 0 bridgehead atoms. The molecule has 0 aliphatic rings. The predicted molar refractivity (Wildman–Crippen MR) is 63.2 cm³/mol. The molecule has 4 heteroatoms. The fourth-order valence-corrected chi connectivity index (χ4v) is 2.02. The normalized spacial score (nSPS) is 10.4. The summed E-state index contributed by atoms with van der Waals surface area (Å²) in [5, 5.41) is 4.20. The minimum Gasteiger partial charge on any atom is -0.254 e. The molecule has 0 radical (unpaired) electrons. The standard InChI is InChI=1S/C10H8Br2N2/c11-9-3-1-2-8(6-9)7-14-10(12)4-5-13-14/h1-6H,7H2. The molecule has 2 aromatic rings. The summed E-state index contributed by atoms with van der Waals surface area (Å²) in [6.45, 7) is 0.785. The first-order chi connectivity index (χ1) is 6.75. The lowest BCUT2D eigenvalue weighted by Gasteiger charge is -2.03. The molecule has 0 saturated heterocycles. The molecular weight excluding hydrogens is 308 g/mol. The highest BCUT2D eigenvalue weighted by molar-refractivity contribution is 9.10. The summed E-state index contributed by atoms with van der Waals surface area (Å²) in [7, 11) is 0. The van der Waals surface area contributed by atoms with Gasteiger partial charge in [0.25, 0.3) is 0 Å². The summed E-state index contributed by atoms with van der Waals surface area (Å²) >= 11 is 6.87. The number of hydrogen-bond donors (Lipinski definition) is 0. The van der Waals surface area contributed by atoms with Gasteiger partial charge < -0.3 is 0 Å². The van der Waals surface area contributed by atoms with Crippen molar-refractivity contribution in [3.8, 4) is 0 Å². The third-order valence-corrected chi connectivity index (χ3v) is 3.05. The second kappa shape index (κ2) is 4.28. The van der Waals surface area contributed by atoms with Crippen molar-refractivity contribution in [1.82, 2.24) is 9.78 Å². The summed E-state index contributed by atoms with van der Waals surface area (Å²) in [5.74, 6) is 0. The van der Waals surface area contributed by atoms with Gasteiger partial charge in [-0.25, -0.2) is 0 Å². The first-order valence-electron chi connectivity index (χ1n) is 4.17. The van der Waals surface area contributed by atoms with Crippen molar-refractivity contribution in [1.29, 1.82) is 0 Å². The fraction of sp³-hybridized carbons (Fsp3) is 0.100. The monoisotopic (exact) mass is 314 g/mol. The zero-order valence-electron chi connectivity index (χ0n) is 7.32. The molecule has 0 saturated carbocycles. The van der Waals surface area contributed by atoms with E-state index in [0.29, 0.717) is 0 Å². The van der Waals surface area contributed by atoms with Crippen molar-refractivity contribution in [2.75, 3.05) is 0 Å². The molecule has 72 valence electrons. The van der Waals surface area contributed by atoms with E-state index in [1.165, 1.54) is 5.56 Å². The topological polar surface area (TPSA) is 17.8 Å². The fourth-order valence-electron chi connectivity index (χ4n) is 1.24. The summed E-state index contributed by atoms with van der Waals surface area (Å²) in [6.07, 6.45) is 1.78. The Morgan fingerprint density at radius 1 is 1.21 bits per heavy atom. The first-order valence-corrected chi connectivity index (χ1v) is 5.76. The van der Waals surface area contributed by atoms with Crippen LogP contribution in [0.3, 0.4) is 0 Å². The van der Waals surface area contributed by atoms with Gasteiger partial charge >= 0.3 is 0 Å². The molecule has 0 spiro atoms. The van der Waals surface area contributed by atoms with E-state index in [1.807, 2.05) is 22.9 Å². The van der Waals surface area contributed by atoms with Crippen LogP contribution in [0, 0.1) is 0 Å². The molecule has 0 unspecified atom stereocenters. The number of halogens is 2. The van der Waals surface area contributed by atoms with Gasteiger partial charge in [-0.15, -0.1) is 0 Å². The molecule has 14 heavy (non-hydrogen) atoms. The van der Waals surface area contributed by atoms with Crippen molar-refractivity contribution in [3.05, 3.63) is 51.2 Å². The lowest BCUT2D eigenvalue weighted by Crippen LogP contribution is -2.01. The molecule has 0 aliphatic heterocycles. The Hall–Kier alpha value is -0.610. The molecule has 2 nitrogen and oxygen atoms in total. The van der Waals surface area contributed by atoms with E-state index in [9.17, 15) is 0 Å². The van der Waals surface area contributed by atoms with E-state index in [-0.39, 0.29) is 0 Å². The molecule has 2 rings (SSSR count). The van der Waals surface area contributed by atoms with Gasteiger partial charge in [0, 0.05) is 4.47 Å². The van der Waals surface area contributed by atoms with Crippen LogP contribution in [0.1, 0.15) is 5.56 Å².